The Labute approximate surface area is 140 Å². The van der Waals surface area contributed by atoms with E-state index >= 15 is 0 Å². The molecule has 0 radical (unpaired) electrons. The Hall–Kier alpha value is -0.670. The molecule has 1 aliphatic heterocycles. The van der Waals surface area contributed by atoms with Crippen molar-refractivity contribution in [3.63, 3.8) is 0 Å². The van der Waals surface area contributed by atoms with Gasteiger partial charge in [0.05, 0.1) is 17.3 Å². The molecule has 0 bridgehead atoms. The third-order valence-corrected chi connectivity index (χ3v) is 7.68. The largest absolute Gasteiger partial charge is 0.392 e. The van der Waals surface area contributed by atoms with Crippen LogP contribution in [0.4, 0.5) is 0 Å². The first-order chi connectivity index (χ1) is 10.5. The summed E-state index contributed by atoms with van der Waals surface area (Å²) in [5.74, 6) is 0.717. The molecule has 0 unspecified atom stereocenters. The van der Waals surface area contributed by atoms with Gasteiger partial charge >= 0.3 is 0 Å². The van der Waals surface area contributed by atoms with Crippen LogP contribution >= 0.6 is 0 Å². The maximum absolute atomic E-state index is 12.5. The van der Waals surface area contributed by atoms with Gasteiger partial charge in [-0.2, -0.15) is 0 Å². The second-order valence-electron chi connectivity index (χ2n) is 9.34. The van der Waals surface area contributed by atoms with Crippen LogP contribution in [0.15, 0.2) is 12.7 Å². The summed E-state index contributed by atoms with van der Waals surface area (Å²) in [5, 5.41) is 10.9. The average Bonchev–Trinajstić information content (AvgIpc) is 2.44. The molecule has 3 rings (SSSR count). The van der Waals surface area contributed by atoms with E-state index in [1.807, 2.05) is 6.08 Å². The monoisotopic (exact) mass is 320 g/mol. The molecule has 2 aliphatic carbocycles. The molecule has 0 aromatic rings. The topological polar surface area (TPSA) is 46.5 Å². The van der Waals surface area contributed by atoms with Crippen molar-refractivity contribution >= 4 is 5.78 Å². The molecule has 0 spiro atoms. The summed E-state index contributed by atoms with van der Waals surface area (Å²) in [6, 6.07) is 0. The van der Waals surface area contributed by atoms with Crippen molar-refractivity contribution in [2.45, 2.75) is 84.0 Å². The molecular formula is C20H32O3. The van der Waals surface area contributed by atoms with Gasteiger partial charge < -0.3 is 9.84 Å². The summed E-state index contributed by atoms with van der Waals surface area (Å²) in [7, 11) is 0. The first-order valence-electron chi connectivity index (χ1n) is 9.05. The Balaban J connectivity index is 2.02. The Kier molecular flexibility index (Phi) is 3.67. The van der Waals surface area contributed by atoms with Crippen LogP contribution in [0.25, 0.3) is 0 Å². The Morgan fingerprint density at radius 3 is 2.35 bits per heavy atom. The number of ether oxygens (including phenoxy) is 1. The van der Waals surface area contributed by atoms with Gasteiger partial charge in [0, 0.05) is 17.3 Å². The minimum atomic E-state index is -0.561. The third kappa shape index (κ3) is 2.19. The second kappa shape index (κ2) is 4.92. The van der Waals surface area contributed by atoms with Gasteiger partial charge in [-0.05, 0) is 51.4 Å². The van der Waals surface area contributed by atoms with E-state index < -0.39 is 6.10 Å². The highest BCUT2D eigenvalue weighted by Gasteiger charge is 2.66. The van der Waals surface area contributed by atoms with E-state index in [2.05, 4.69) is 41.2 Å². The molecule has 6 atom stereocenters. The lowest BCUT2D eigenvalue weighted by Gasteiger charge is -2.65. The van der Waals surface area contributed by atoms with Crippen molar-refractivity contribution < 1.29 is 14.6 Å². The number of carbonyl (C=O) groups is 1. The summed E-state index contributed by atoms with van der Waals surface area (Å²) >= 11 is 0. The zero-order valence-electron chi connectivity index (χ0n) is 15.3. The number of rotatable bonds is 1. The van der Waals surface area contributed by atoms with Crippen LogP contribution in [-0.2, 0) is 9.53 Å². The molecule has 1 heterocycles. The summed E-state index contributed by atoms with van der Waals surface area (Å²) in [5.41, 5.74) is -1.13. The van der Waals surface area contributed by atoms with Crippen LogP contribution in [0.3, 0.4) is 0 Å². The van der Waals surface area contributed by atoms with E-state index in [1.54, 1.807) is 0 Å². The molecule has 130 valence electrons. The van der Waals surface area contributed by atoms with Gasteiger partial charge in [0.1, 0.15) is 5.78 Å². The Morgan fingerprint density at radius 2 is 1.74 bits per heavy atom. The van der Waals surface area contributed by atoms with Crippen molar-refractivity contribution in [3.8, 4) is 0 Å². The molecule has 2 saturated carbocycles. The third-order valence-electron chi connectivity index (χ3n) is 7.68. The number of Topliss-reactive ketones (excluding diaryl/α,β-unsaturated/α-hetero) is 1. The van der Waals surface area contributed by atoms with Crippen LogP contribution < -0.4 is 0 Å². The van der Waals surface area contributed by atoms with E-state index in [0.29, 0.717) is 0 Å². The SMILES string of the molecule is C=C[C@]1(C)CC[C@H]2[C@@]3(C)[C@H](CC[C@]2(C)O1)C(C)(C)C(=O)C[C@@H]3O. The van der Waals surface area contributed by atoms with Crippen molar-refractivity contribution in [3.05, 3.63) is 12.7 Å². The summed E-state index contributed by atoms with van der Waals surface area (Å²) in [4.78, 5) is 12.5. The van der Waals surface area contributed by atoms with Gasteiger partial charge in [-0.15, -0.1) is 6.58 Å². The lowest BCUT2D eigenvalue weighted by atomic mass is 9.43. The van der Waals surface area contributed by atoms with Crippen LogP contribution in [-0.4, -0.2) is 28.2 Å². The number of aliphatic hydroxyl groups is 1. The van der Waals surface area contributed by atoms with Crippen molar-refractivity contribution in [1.29, 1.82) is 0 Å². The van der Waals surface area contributed by atoms with Crippen LogP contribution in [0, 0.1) is 22.7 Å². The minimum Gasteiger partial charge on any atom is -0.392 e. The molecule has 0 aromatic heterocycles. The summed E-state index contributed by atoms with van der Waals surface area (Å²) in [6.07, 6.45) is 5.48. The molecule has 3 fully saturated rings. The van der Waals surface area contributed by atoms with E-state index in [-0.39, 0.29) is 46.1 Å². The number of aliphatic hydroxyl groups excluding tert-OH is 1. The number of hydrogen-bond donors (Lipinski definition) is 1. The van der Waals surface area contributed by atoms with E-state index in [4.69, 9.17) is 4.74 Å². The van der Waals surface area contributed by atoms with Crippen molar-refractivity contribution in [2.24, 2.45) is 22.7 Å². The average molecular weight is 320 g/mol. The predicted molar refractivity (Wildman–Crippen MR) is 91.1 cm³/mol. The maximum Gasteiger partial charge on any atom is 0.141 e. The molecule has 1 saturated heterocycles. The van der Waals surface area contributed by atoms with Gasteiger partial charge in [-0.3, -0.25) is 4.79 Å². The smallest absolute Gasteiger partial charge is 0.141 e. The fourth-order valence-electron chi connectivity index (χ4n) is 6.17. The van der Waals surface area contributed by atoms with Gasteiger partial charge in [0.25, 0.3) is 0 Å². The second-order valence-corrected chi connectivity index (χ2v) is 9.34. The van der Waals surface area contributed by atoms with Crippen LogP contribution in [0.2, 0.25) is 0 Å². The van der Waals surface area contributed by atoms with E-state index in [1.165, 1.54) is 0 Å². The van der Waals surface area contributed by atoms with E-state index in [0.717, 1.165) is 25.7 Å². The highest BCUT2D eigenvalue weighted by atomic mass is 16.5. The lowest BCUT2D eigenvalue weighted by molar-refractivity contribution is -0.268. The zero-order chi connectivity index (χ0) is 17.3. The first kappa shape index (κ1) is 17.2. The highest BCUT2D eigenvalue weighted by Crippen LogP contribution is 2.64. The van der Waals surface area contributed by atoms with E-state index in [9.17, 15) is 9.90 Å². The molecule has 0 amide bonds. The van der Waals surface area contributed by atoms with Gasteiger partial charge in [-0.25, -0.2) is 0 Å². The van der Waals surface area contributed by atoms with Crippen molar-refractivity contribution in [2.75, 3.05) is 0 Å². The number of ketones is 1. The molecule has 3 heteroatoms. The number of hydrogen-bond acceptors (Lipinski definition) is 3. The van der Waals surface area contributed by atoms with Gasteiger partial charge in [-0.1, -0.05) is 26.8 Å². The number of fused-ring (bicyclic) bond motifs is 3. The molecule has 23 heavy (non-hydrogen) atoms. The van der Waals surface area contributed by atoms with Crippen LogP contribution in [0.5, 0.6) is 0 Å². The summed E-state index contributed by atoms with van der Waals surface area (Å²) in [6.45, 7) is 14.6. The fourth-order valence-corrected chi connectivity index (χ4v) is 6.17. The van der Waals surface area contributed by atoms with Crippen molar-refractivity contribution in [1.82, 2.24) is 0 Å². The molecule has 1 N–H and O–H groups in total. The normalized spacial score (nSPS) is 52.4. The van der Waals surface area contributed by atoms with Gasteiger partial charge in [0.2, 0.25) is 0 Å². The summed E-state index contributed by atoms with van der Waals surface area (Å²) < 4.78 is 6.56. The van der Waals surface area contributed by atoms with Gasteiger partial charge in [0.15, 0.2) is 0 Å². The predicted octanol–water partition coefficient (Wildman–Crippen LogP) is 3.89. The molecule has 3 nitrogen and oxygen atoms in total. The van der Waals surface area contributed by atoms with Crippen LogP contribution in [0.1, 0.15) is 66.7 Å². The quantitative estimate of drug-likeness (QED) is 0.746. The molecular weight excluding hydrogens is 288 g/mol. The molecule has 3 aliphatic rings. The standard InChI is InChI=1S/C20H32O3/c1-7-18(4)10-8-14-19(5,23-18)11-9-13-17(2,3)15(21)12-16(22)20(13,14)6/h7,13-14,16,22H,1,8-12H2,2-6H3/t13-,14-,16+,18-,19+,20-/m1/s1. The Morgan fingerprint density at radius 1 is 1.13 bits per heavy atom. The first-order valence-corrected chi connectivity index (χ1v) is 9.05. The number of carbonyl (C=O) groups excluding carboxylic acids is 1. The zero-order valence-corrected chi connectivity index (χ0v) is 15.3. The highest BCUT2D eigenvalue weighted by molar-refractivity contribution is 5.86. The lowest BCUT2D eigenvalue weighted by Crippen LogP contribution is -2.67. The minimum absolute atomic E-state index is 0.212. The Bertz CT molecular complexity index is 539. The molecule has 0 aromatic carbocycles. The maximum atomic E-state index is 12.5. The fraction of sp³-hybridized carbons (Fsp3) is 0.850.